The lowest BCUT2D eigenvalue weighted by Crippen LogP contribution is -2.40. The van der Waals surface area contributed by atoms with Crippen LogP contribution >= 0.6 is 12.4 Å². The second kappa shape index (κ2) is 11.0. The summed E-state index contributed by atoms with van der Waals surface area (Å²) in [6, 6.07) is 9.39. The van der Waals surface area contributed by atoms with Crippen molar-refractivity contribution >= 4 is 24.2 Å². The Morgan fingerprint density at radius 1 is 1.04 bits per heavy atom. The van der Waals surface area contributed by atoms with Crippen molar-refractivity contribution in [3.63, 3.8) is 0 Å². The molecule has 1 aliphatic carbocycles. The molecule has 1 aliphatic rings. The Labute approximate surface area is 150 Å². The van der Waals surface area contributed by atoms with E-state index >= 15 is 0 Å². The minimum absolute atomic E-state index is 0. The van der Waals surface area contributed by atoms with Crippen LogP contribution in [0.1, 0.15) is 50.1 Å². The molecule has 2 rings (SSSR count). The van der Waals surface area contributed by atoms with Gasteiger partial charge in [-0.1, -0.05) is 49.6 Å². The molecule has 4 N–H and O–H groups in total. The molecule has 1 unspecified atom stereocenters. The van der Waals surface area contributed by atoms with E-state index in [1.807, 2.05) is 30.3 Å². The van der Waals surface area contributed by atoms with Gasteiger partial charge in [-0.3, -0.25) is 9.59 Å². The van der Waals surface area contributed by atoms with E-state index in [4.69, 9.17) is 5.73 Å². The van der Waals surface area contributed by atoms with E-state index in [2.05, 4.69) is 10.6 Å². The third-order valence-corrected chi connectivity index (χ3v) is 4.39. The Bertz CT molecular complexity index is 504. The van der Waals surface area contributed by atoms with Gasteiger partial charge in [-0.05, 0) is 24.3 Å². The first-order valence-electron chi connectivity index (χ1n) is 8.49. The van der Waals surface area contributed by atoms with Gasteiger partial charge in [0, 0.05) is 19.0 Å². The molecule has 24 heavy (non-hydrogen) atoms. The topological polar surface area (TPSA) is 84.2 Å². The van der Waals surface area contributed by atoms with Crippen LogP contribution in [0.2, 0.25) is 0 Å². The fraction of sp³-hybridized carbons (Fsp3) is 0.556. The van der Waals surface area contributed by atoms with Crippen LogP contribution in [0.5, 0.6) is 0 Å². The average Bonchev–Trinajstić information content (AvgIpc) is 2.59. The van der Waals surface area contributed by atoms with E-state index in [1.165, 1.54) is 19.3 Å². The van der Waals surface area contributed by atoms with Gasteiger partial charge >= 0.3 is 0 Å². The summed E-state index contributed by atoms with van der Waals surface area (Å²) in [4.78, 5) is 23.7. The van der Waals surface area contributed by atoms with Gasteiger partial charge < -0.3 is 16.4 Å². The van der Waals surface area contributed by atoms with E-state index in [0.717, 1.165) is 18.4 Å². The molecular weight excluding hydrogens is 326 g/mol. The molecule has 1 atom stereocenters. The summed E-state index contributed by atoms with van der Waals surface area (Å²) in [5.74, 6) is 0.256. The number of carbonyl (C=O) groups is 2. The maximum Gasteiger partial charge on any atom is 0.239 e. The van der Waals surface area contributed by atoms with Crippen LogP contribution in [0.4, 0.5) is 0 Å². The summed E-state index contributed by atoms with van der Waals surface area (Å²) < 4.78 is 0. The third-order valence-electron chi connectivity index (χ3n) is 4.39. The first-order chi connectivity index (χ1) is 11.1. The number of nitrogens with two attached hydrogens (primary N) is 1. The minimum Gasteiger partial charge on any atom is -0.353 e. The highest BCUT2D eigenvalue weighted by molar-refractivity contribution is 5.85. The van der Waals surface area contributed by atoms with Gasteiger partial charge in [0.1, 0.15) is 0 Å². The molecule has 1 aromatic rings. The number of rotatable bonds is 7. The molecule has 1 fully saturated rings. The fourth-order valence-electron chi connectivity index (χ4n) is 3.01. The summed E-state index contributed by atoms with van der Waals surface area (Å²) in [5, 5.41) is 5.46. The highest BCUT2D eigenvalue weighted by Crippen LogP contribution is 2.25. The SMILES string of the molecule is Cl.NC(CNC(=O)CNC(=O)CC1CCCCC1)c1ccccc1. The summed E-state index contributed by atoms with van der Waals surface area (Å²) in [6.07, 6.45) is 6.52. The molecule has 2 amide bonds. The third kappa shape index (κ3) is 7.32. The van der Waals surface area contributed by atoms with Crippen molar-refractivity contribution in [2.45, 2.75) is 44.6 Å². The zero-order valence-electron chi connectivity index (χ0n) is 14.0. The molecule has 6 heteroatoms. The average molecular weight is 354 g/mol. The largest absolute Gasteiger partial charge is 0.353 e. The van der Waals surface area contributed by atoms with Crippen LogP contribution in [0.3, 0.4) is 0 Å². The molecule has 134 valence electrons. The Hall–Kier alpha value is -1.59. The summed E-state index contributed by atoms with van der Waals surface area (Å²) in [7, 11) is 0. The highest BCUT2D eigenvalue weighted by atomic mass is 35.5. The van der Waals surface area contributed by atoms with E-state index in [0.29, 0.717) is 18.9 Å². The standard InChI is InChI=1S/C18H27N3O2.ClH/c19-16(15-9-5-2-6-10-15)12-20-18(23)13-21-17(22)11-14-7-3-1-4-8-14;/h2,5-6,9-10,14,16H,1,3-4,7-8,11-13,19H2,(H,20,23)(H,21,22);1H. The molecule has 0 spiro atoms. The van der Waals surface area contributed by atoms with E-state index < -0.39 is 0 Å². The van der Waals surface area contributed by atoms with Crippen molar-refractivity contribution in [1.29, 1.82) is 0 Å². The minimum atomic E-state index is -0.238. The van der Waals surface area contributed by atoms with Crippen molar-refractivity contribution in [2.75, 3.05) is 13.1 Å². The van der Waals surface area contributed by atoms with Crippen LogP contribution in [-0.2, 0) is 9.59 Å². The van der Waals surface area contributed by atoms with Crippen LogP contribution in [0, 0.1) is 5.92 Å². The Kier molecular flexibility index (Phi) is 9.42. The predicted molar refractivity (Wildman–Crippen MR) is 97.8 cm³/mol. The Balaban J connectivity index is 0.00000288. The van der Waals surface area contributed by atoms with E-state index in [9.17, 15) is 9.59 Å². The zero-order valence-corrected chi connectivity index (χ0v) is 14.8. The van der Waals surface area contributed by atoms with Crippen LogP contribution in [-0.4, -0.2) is 24.9 Å². The monoisotopic (exact) mass is 353 g/mol. The van der Waals surface area contributed by atoms with E-state index in [-0.39, 0.29) is 36.8 Å². The first kappa shape index (κ1) is 20.5. The molecule has 0 bridgehead atoms. The van der Waals surface area contributed by atoms with Crippen molar-refractivity contribution in [3.05, 3.63) is 35.9 Å². The lowest BCUT2D eigenvalue weighted by Gasteiger charge is -2.20. The van der Waals surface area contributed by atoms with Crippen LogP contribution < -0.4 is 16.4 Å². The maximum absolute atomic E-state index is 11.9. The quantitative estimate of drug-likeness (QED) is 0.703. The van der Waals surface area contributed by atoms with Crippen molar-refractivity contribution in [1.82, 2.24) is 10.6 Å². The smallest absolute Gasteiger partial charge is 0.239 e. The molecule has 0 aromatic heterocycles. The fourth-order valence-corrected chi connectivity index (χ4v) is 3.01. The second-order valence-electron chi connectivity index (χ2n) is 6.31. The molecule has 1 aromatic carbocycles. The predicted octanol–water partition coefficient (Wildman–Crippen LogP) is 2.31. The summed E-state index contributed by atoms with van der Waals surface area (Å²) in [6.45, 7) is 0.383. The van der Waals surface area contributed by atoms with Gasteiger partial charge in [-0.25, -0.2) is 0 Å². The van der Waals surface area contributed by atoms with Crippen molar-refractivity contribution in [3.8, 4) is 0 Å². The van der Waals surface area contributed by atoms with Gasteiger partial charge in [-0.2, -0.15) is 0 Å². The molecule has 5 nitrogen and oxygen atoms in total. The molecule has 0 saturated heterocycles. The molecule has 0 heterocycles. The number of amides is 2. The first-order valence-corrected chi connectivity index (χ1v) is 8.49. The van der Waals surface area contributed by atoms with Crippen LogP contribution in [0.25, 0.3) is 0 Å². The zero-order chi connectivity index (χ0) is 16.5. The van der Waals surface area contributed by atoms with E-state index in [1.54, 1.807) is 0 Å². The number of benzene rings is 1. The molecule has 1 saturated carbocycles. The number of hydrogen-bond donors (Lipinski definition) is 3. The number of halogens is 1. The van der Waals surface area contributed by atoms with Crippen molar-refractivity contribution < 1.29 is 9.59 Å². The normalized spacial score (nSPS) is 15.9. The molecule has 0 radical (unpaired) electrons. The van der Waals surface area contributed by atoms with Crippen molar-refractivity contribution in [2.24, 2.45) is 11.7 Å². The van der Waals surface area contributed by atoms with Gasteiger partial charge in [0.15, 0.2) is 0 Å². The lowest BCUT2D eigenvalue weighted by molar-refractivity contribution is -0.126. The Morgan fingerprint density at radius 2 is 1.71 bits per heavy atom. The van der Waals surface area contributed by atoms with Gasteiger partial charge in [0.2, 0.25) is 11.8 Å². The van der Waals surface area contributed by atoms with Crippen LogP contribution in [0.15, 0.2) is 30.3 Å². The maximum atomic E-state index is 11.9. The summed E-state index contributed by atoms with van der Waals surface area (Å²) in [5.41, 5.74) is 7.00. The number of hydrogen-bond acceptors (Lipinski definition) is 3. The molecule has 0 aliphatic heterocycles. The highest BCUT2D eigenvalue weighted by Gasteiger charge is 2.17. The summed E-state index contributed by atoms with van der Waals surface area (Å²) >= 11 is 0. The Morgan fingerprint density at radius 3 is 2.38 bits per heavy atom. The van der Waals surface area contributed by atoms with Gasteiger partial charge in [0.05, 0.1) is 6.54 Å². The number of carbonyl (C=O) groups excluding carboxylic acids is 2. The van der Waals surface area contributed by atoms with Gasteiger partial charge in [0.25, 0.3) is 0 Å². The lowest BCUT2D eigenvalue weighted by atomic mass is 9.87. The van der Waals surface area contributed by atoms with Gasteiger partial charge in [-0.15, -0.1) is 12.4 Å². The second-order valence-corrected chi connectivity index (χ2v) is 6.31. The number of nitrogens with one attached hydrogen (secondary N) is 2. The molecular formula is C18H28ClN3O2.